The molecular formula is C24H33NO9. The molecular weight excluding hydrogens is 446 g/mol. The van der Waals surface area contributed by atoms with Crippen molar-refractivity contribution in [1.82, 2.24) is 5.32 Å². The van der Waals surface area contributed by atoms with Gasteiger partial charge in [0, 0.05) is 27.7 Å². The Labute approximate surface area is 199 Å². The third-order valence-electron chi connectivity index (χ3n) is 5.01. The van der Waals surface area contributed by atoms with Crippen molar-refractivity contribution in [2.24, 2.45) is 0 Å². The summed E-state index contributed by atoms with van der Waals surface area (Å²) >= 11 is 0. The fraction of sp³-hybridized carbons (Fsp3) is 0.583. The fourth-order valence-corrected chi connectivity index (χ4v) is 3.71. The quantitative estimate of drug-likeness (QED) is 0.462. The third kappa shape index (κ3) is 7.44. The molecule has 1 N–H and O–H groups in total. The Bertz CT molecular complexity index is 908. The van der Waals surface area contributed by atoms with E-state index in [0.717, 1.165) is 5.56 Å². The second-order valence-corrected chi connectivity index (χ2v) is 9.08. The maximum atomic E-state index is 12.1. The molecule has 1 aliphatic heterocycles. The lowest BCUT2D eigenvalue weighted by Gasteiger charge is -2.45. The summed E-state index contributed by atoms with van der Waals surface area (Å²) in [5.41, 5.74) is 0.601. The first-order valence-corrected chi connectivity index (χ1v) is 11.0. The standard InChI is InChI=1S/C24H33NO9/c1-13(26)25-20-22(32-16(4)29)21(31-15(3)28)19(12-30-14(2)27)34-23(20)33-18-11-9-8-10-17(18)24(5,6)7/h8-11,19-23H,12H2,1-7H3,(H,25,26)/t19-,20+,21+,22+,23-/m1/s1. The SMILES string of the molecule is CC(=O)N[C@@H]1[C@H](Oc2ccccc2C(C)(C)C)O[C@H](COC(C)=O)[C@H](OC(C)=O)[C@H]1OC(C)=O. The molecule has 0 spiro atoms. The van der Waals surface area contributed by atoms with E-state index < -0.39 is 54.5 Å². The molecule has 188 valence electrons. The summed E-state index contributed by atoms with van der Waals surface area (Å²) in [4.78, 5) is 47.3. The van der Waals surface area contributed by atoms with E-state index in [-0.39, 0.29) is 12.0 Å². The fourth-order valence-electron chi connectivity index (χ4n) is 3.71. The summed E-state index contributed by atoms with van der Waals surface area (Å²) in [6.07, 6.45) is -4.54. The van der Waals surface area contributed by atoms with Crippen LogP contribution in [0.2, 0.25) is 0 Å². The highest BCUT2D eigenvalue weighted by molar-refractivity contribution is 5.73. The monoisotopic (exact) mass is 479 g/mol. The van der Waals surface area contributed by atoms with Crippen LogP contribution < -0.4 is 10.1 Å². The zero-order valence-corrected chi connectivity index (χ0v) is 20.6. The van der Waals surface area contributed by atoms with E-state index in [1.807, 2.05) is 32.9 Å². The molecule has 2 rings (SSSR count). The van der Waals surface area contributed by atoms with Crippen LogP contribution in [0.4, 0.5) is 0 Å². The minimum Gasteiger partial charge on any atom is -0.463 e. The number of benzene rings is 1. The van der Waals surface area contributed by atoms with Gasteiger partial charge in [-0.15, -0.1) is 0 Å². The molecule has 34 heavy (non-hydrogen) atoms. The molecule has 1 aliphatic rings. The molecule has 0 unspecified atom stereocenters. The minimum absolute atomic E-state index is 0.276. The summed E-state index contributed by atoms with van der Waals surface area (Å²) in [6, 6.07) is 6.31. The van der Waals surface area contributed by atoms with Crippen LogP contribution in [0.1, 0.15) is 54.0 Å². The Hall–Kier alpha value is -3.14. The first-order valence-electron chi connectivity index (χ1n) is 11.0. The van der Waals surface area contributed by atoms with Crippen molar-refractivity contribution in [3.05, 3.63) is 29.8 Å². The molecule has 1 fully saturated rings. The molecule has 1 heterocycles. The van der Waals surface area contributed by atoms with E-state index in [9.17, 15) is 19.2 Å². The van der Waals surface area contributed by atoms with E-state index in [1.165, 1.54) is 27.7 Å². The first kappa shape index (κ1) is 27.1. The highest BCUT2D eigenvalue weighted by Crippen LogP contribution is 2.34. The maximum absolute atomic E-state index is 12.1. The van der Waals surface area contributed by atoms with Crippen LogP contribution in [-0.2, 0) is 43.5 Å². The Morgan fingerprint density at radius 1 is 0.912 bits per heavy atom. The zero-order chi connectivity index (χ0) is 25.6. The lowest BCUT2D eigenvalue weighted by Crippen LogP contribution is -2.67. The smallest absolute Gasteiger partial charge is 0.303 e. The Morgan fingerprint density at radius 2 is 1.50 bits per heavy atom. The predicted molar refractivity (Wildman–Crippen MR) is 120 cm³/mol. The van der Waals surface area contributed by atoms with Gasteiger partial charge in [0.05, 0.1) is 0 Å². The Balaban J connectivity index is 2.53. The van der Waals surface area contributed by atoms with Crippen molar-refractivity contribution >= 4 is 23.8 Å². The molecule has 1 amide bonds. The number of amides is 1. The van der Waals surface area contributed by atoms with E-state index in [4.69, 9.17) is 23.7 Å². The molecule has 0 radical (unpaired) electrons. The number of hydrogen-bond acceptors (Lipinski definition) is 9. The van der Waals surface area contributed by atoms with Crippen LogP contribution in [0.3, 0.4) is 0 Å². The van der Waals surface area contributed by atoms with E-state index >= 15 is 0 Å². The number of nitrogens with one attached hydrogen (secondary N) is 1. The van der Waals surface area contributed by atoms with Gasteiger partial charge in [-0.25, -0.2) is 0 Å². The molecule has 10 heteroatoms. The molecule has 0 bridgehead atoms. The van der Waals surface area contributed by atoms with Crippen molar-refractivity contribution < 1.29 is 42.9 Å². The van der Waals surface area contributed by atoms with Gasteiger partial charge in [-0.05, 0) is 17.0 Å². The number of esters is 3. The minimum atomic E-state index is -1.17. The van der Waals surface area contributed by atoms with Gasteiger partial charge in [0.2, 0.25) is 12.2 Å². The van der Waals surface area contributed by atoms with Crippen LogP contribution in [-0.4, -0.2) is 61.1 Å². The number of para-hydroxylation sites is 1. The largest absolute Gasteiger partial charge is 0.463 e. The van der Waals surface area contributed by atoms with Gasteiger partial charge in [-0.3, -0.25) is 19.2 Å². The molecule has 1 aromatic rings. The average molecular weight is 480 g/mol. The predicted octanol–water partition coefficient (Wildman–Crippen LogP) is 2.02. The maximum Gasteiger partial charge on any atom is 0.303 e. The number of ether oxygens (including phenoxy) is 5. The molecule has 0 aromatic heterocycles. The lowest BCUT2D eigenvalue weighted by molar-refractivity contribution is -0.257. The van der Waals surface area contributed by atoms with Crippen LogP contribution >= 0.6 is 0 Å². The lowest BCUT2D eigenvalue weighted by atomic mass is 9.86. The Kier molecular flexibility index (Phi) is 9.03. The van der Waals surface area contributed by atoms with Crippen molar-refractivity contribution in [2.45, 2.75) is 84.5 Å². The van der Waals surface area contributed by atoms with Gasteiger partial charge in [0.1, 0.15) is 24.5 Å². The second-order valence-electron chi connectivity index (χ2n) is 9.08. The molecule has 0 aliphatic carbocycles. The number of carbonyl (C=O) groups is 4. The Morgan fingerprint density at radius 3 is 2.03 bits per heavy atom. The normalized spacial score (nSPS) is 24.5. The number of carbonyl (C=O) groups excluding carboxylic acids is 4. The van der Waals surface area contributed by atoms with Gasteiger partial charge < -0.3 is 29.0 Å². The topological polar surface area (TPSA) is 126 Å². The van der Waals surface area contributed by atoms with Gasteiger partial charge in [-0.2, -0.15) is 0 Å². The van der Waals surface area contributed by atoms with Crippen molar-refractivity contribution in [3.8, 4) is 5.75 Å². The highest BCUT2D eigenvalue weighted by atomic mass is 16.7. The molecule has 0 saturated carbocycles. The van der Waals surface area contributed by atoms with E-state index in [1.54, 1.807) is 12.1 Å². The van der Waals surface area contributed by atoms with Gasteiger partial charge in [-0.1, -0.05) is 39.0 Å². The van der Waals surface area contributed by atoms with Crippen LogP contribution in [0, 0.1) is 0 Å². The van der Waals surface area contributed by atoms with E-state index in [2.05, 4.69) is 5.32 Å². The van der Waals surface area contributed by atoms with Gasteiger partial charge in [0.25, 0.3) is 0 Å². The number of rotatable bonds is 7. The van der Waals surface area contributed by atoms with Crippen LogP contribution in [0.5, 0.6) is 5.75 Å². The summed E-state index contributed by atoms with van der Waals surface area (Å²) < 4.78 is 28.3. The van der Waals surface area contributed by atoms with Crippen LogP contribution in [0.15, 0.2) is 24.3 Å². The molecule has 10 nitrogen and oxygen atoms in total. The molecule has 1 aromatic carbocycles. The first-order chi connectivity index (χ1) is 15.8. The summed E-state index contributed by atoms with van der Waals surface area (Å²) in [5.74, 6) is -1.86. The van der Waals surface area contributed by atoms with Gasteiger partial charge >= 0.3 is 17.9 Å². The molecule has 5 atom stereocenters. The second kappa shape index (κ2) is 11.3. The average Bonchev–Trinajstić information content (AvgIpc) is 2.69. The van der Waals surface area contributed by atoms with E-state index in [0.29, 0.717) is 5.75 Å². The highest BCUT2D eigenvalue weighted by Gasteiger charge is 2.52. The number of hydrogen-bond donors (Lipinski definition) is 1. The summed E-state index contributed by atoms with van der Waals surface area (Å²) in [5, 5.41) is 2.69. The van der Waals surface area contributed by atoms with Crippen molar-refractivity contribution in [2.75, 3.05) is 6.61 Å². The van der Waals surface area contributed by atoms with Crippen molar-refractivity contribution in [1.29, 1.82) is 0 Å². The summed E-state index contributed by atoms with van der Waals surface area (Å²) in [6.45, 7) is 10.6. The van der Waals surface area contributed by atoms with Crippen molar-refractivity contribution in [3.63, 3.8) is 0 Å². The van der Waals surface area contributed by atoms with Crippen LogP contribution in [0.25, 0.3) is 0 Å². The third-order valence-corrected chi connectivity index (χ3v) is 5.01. The molecule has 1 saturated heterocycles. The summed E-state index contributed by atoms with van der Waals surface area (Å²) in [7, 11) is 0. The van der Waals surface area contributed by atoms with Gasteiger partial charge in [0.15, 0.2) is 12.2 Å². The zero-order valence-electron chi connectivity index (χ0n) is 20.6.